The maximum Gasteiger partial charge on any atom is 0.246 e. The predicted molar refractivity (Wildman–Crippen MR) is 107 cm³/mol. The van der Waals surface area contributed by atoms with Crippen LogP contribution in [-0.4, -0.2) is 11.9 Å². The molecule has 2 aromatic carbocycles. The molecule has 0 fully saturated rings. The molecule has 3 aromatic rings. The molecule has 0 aliphatic carbocycles. The number of nitrogens with one attached hydrogen (secondary N) is 2. The topological polar surface area (TPSA) is 63.5 Å². The third kappa shape index (κ3) is 5.72. The van der Waals surface area contributed by atoms with Crippen molar-refractivity contribution in [1.82, 2.24) is 0 Å². The van der Waals surface area contributed by atoms with Gasteiger partial charge in [0.25, 0.3) is 0 Å². The zero-order valence-corrected chi connectivity index (χ0v) is 15.6. The lowest BCUT2D eigenvalue weighted by Crippen LogP contribution is -2.31. The third-order valence-electron chi connectivity index (χ3n) is 4.08. The summed E-state index contributed by atoms with van der Waals surface area (Å²) < 4.78 is 10.9. The van der Waals surface area contributed by atoms with Gasteiger partial charge in [0.15, 0.2) is 0 Å². The van der Waals surface area contributed by atoms with Crippen LogP contribution >= 0.6 is 0 Å². The fourth-order valence-corrected chi connectivity index (χ4v) is 2.70. The van der Waals surface area contributed by atoms with Crippen molar-refractivity contribution in [3.05, 3.63) is 83.8 Å². The minimum absolute atomic E-state index is 0.0833. The van der Waals surface area contributed by atoms with Crippen molar-refractivity contribution in [2.24, 2.45) is 0 Å². The fourth-order valence-electron chi connectivity index (χ4n) is 2.70. The van der Waals surface area contributed by atoms with E-state index in [9.17, 15) is 4.79 Å². The Morgan fingerprint density at radius 2 is 1.85 bits per heavy atom. The number of hydrogen-bond acceptors (Lipinski definition) is 4. The summed E-state index contributed by atoms with van der Waals surface area (Å²) in [5.41, 5.74) is 3.81. The Morgan fingerprint density at radius 1 is 1.04 bits per heavy atom. The highest BCUT2D eigenvalue weighted by Gasteiger charge is 2.13. The maximum absolute atomic E-state index is 12.4. The van der Waals surface area contributed by atoms with E-state index in [1.54, 1.807) is 6.26 Å². The number of carbonyl (C=O) groups is 1. The van der Waals surface area contributed by atoms with Crippen LogP contribution < -0.4 is 10.6 Å². The van der Waals surface area contributed by atoms with Gasteiger partial charge >= 0.3 is 0 Å². The first-order chi connectivity index (χ1) is 13.1. The Bertz CT molecular complexity index is 875. The summed E-state index contributed by atoms with van der Waals surface area (Å²) in [6.45, 7) is 4.74. The number of rotatable bonds is 8. The second-order valence-corrected chi connectivity index (χ2v) is 6.50. The molecule has 1 aromatic heterocycles. The van der Waals surface area contributed by atoms with E-state index in [2.05, 4.69) is 10.6 Å². The SMILES string of the molecule is Cc1cccc(NC(=O)C(C)Nc2cccc(COCc3ccco3)c2)c1. The first kappa shape index (κ1) is 18.7. The molecule has 0 radical (unpaired) electrons. The summed E-state index contributed by atoms with van der Waals surface area (Å²) in [7, 11) is 0. The van der Waals surface area contributed by atoms with Crippen LogP contribution in [0.25, 0.3) is 0 Å². The second-order valence-electron chi connectivity index (χ2n) is 6.50. The lowest BCUT2D eigenvalue weighted by molar-refractivity contribution is -0.116. The molecule has 5 heteroatoms. The number of ether oxygens (including phenoxy) is 1. The number of benzene rings is 2. The standard InChI is InChI=1S/C22H24N2O3/c1-16-6-3-8-19(12-16)24-22(25)17(2)23-20-9-4-7-18(13-20)14-26-15-21-10-5-11-27-21/h3-13,17,23H,14-15H2,1-2H3,(H,24,25). The molecule has 2 N–H and O–H groups in total. The van der Waals surface area contributed by atoms with Gasteiger partial charge in [0.1, 0.15) is 18.4 Å². The molecule has 1 unspecified atom stereocenters. The zero-order chi connectivity index (χ0) is 19.1. The van der Waals surface area contributed by atoms with Crippen LogP contribution in [-0.2, 0) is 22.7 Å². The summed E-state index contributed by atoms with van der Waals surface area (Å²) in [6, 6.07) is 19.0. The van der Waals surface area contributed by atoms with Gasteiger partial charge in [-0.25, -0.2) is 0 Å². The minimum atomic E-state index is -0.371. The average molecular weight is 364 g/mol. The van der Waals surface area contributed by atoms with E-state index in [0.29, 0.717) is 13.2 Å². The van der Waals surface area contributed by atoms with Gasteiger partial charge in [-0.05, 0) is 61.4 Å². The van der Waals surface area contributed by atoms with Crippen LogP contribution in [0.1, 0.15) is 23.8 Å². The van der Waals surface area contributed by atoms with Crippen LogP contribution in [0, 0.1) is 6.92 Å². The number of carbonyl (C=O) groups excluding carboxylic acids is 1. The lowest BCUT2D eigenvalue weighted by atomic mass is 10.2. The molecule has 140 valence electrons. The van der Waals surface area contributed by atoms with Crippen molar-refractivity contribution in [3.63, 3.8) is 0 Å². The van der Waals surface area contributed by atoms with Gasteiger partial charge in [0.2, 0.25) is 5.91 Å². The number of hydrogen-bond donors (Lipinski definition) is 2. The zero-order valence-electron chi connectivity index (χ0n) is 15.6. The minimum Gasteiger partial charge on any atom is -0.467 e. The second kappa shape index (κ2) is 9.05. The monoisotopic (exact) mass is 364 g/mol. The van der Waals surface area contributed by atoms with Gasteiger partial charge in [-0.15, -0.1) is 0 Å². The Hall–Kier alpha value is -3.05. The van der Waals surface area contributed by atoms with Crippen molar-refractivity contribution >= 4 is 17.3 Å². The van der Waals surface area contributed by atoms with Crippen LogP contribution in [0.15, 0.2) is 71.3 Å². The van der Waals surface area contributed by atoms with Gasteiger partial charge < -0.3 is 19.8 Å². The molecule has 1 amide bonds. The highest BCUT2D eigenvalue weighted by molar-refractivity contribution is 5.96. The molecule has 3 rings (SSSR count). The van der Waals surface area contributed by atoms with Crippen molar-refractivity contribution in [3.8, 4) is 0 Å². The molecule has 0 spiro atoms. The van der Waals surface area contributed by atoms with E-state index in [4.69, 9.17) is 9.15 Å². The maximum atomic E-state index is 12.4. The van der Waals surface area contributed by atoms with Gasteiger partial charge in [-0.3, -0.25) is 4.79 Å². The van der Waals surface area contributed by atoms with Crippen molar-refractivity contribution in [2.75, 3.05) is 10.6 Å². The molecule has 0 aliphatic heterocycles. The quantitative estimate of drug-likeness (QED) is 0.606. The van der Waals surface area contributed by atoms with Crippen LogP contribution in [0.5, 0.6) is 0 Å². The number of furan rings is 1. The highest BCUT2D eigenvalue weighted by atomic mass is 16.5. The van der Waals surface area contributed by atoms with Crippen LogP contribution in [0.2, 0.25) is 0 Å². The van der Waals surface area contributed by atoms with Crippen LogP contribution in [0.4, 0.5) is 11.4 Å². The summed E-state index contributed by atoms with van der Waals surface area (Å²) in [5, 5.41) is 6.17. The molecule has 0 bridgehead atoms. The van der Waals surface area contributed by atoms with E-state index < -0.39 is 0 Å². The molecular weight excluding hydrogens is 340 g/mol. The third-order valence-corrected chi connectivity index (χ3v) is 4.08. The summed E-state index contributed by atoms with van der Waals surface area (Å²) >= 11 is 0. The summed E-state index contributed by atoms with van der Waals surface area (Å²) in [6.07, 6.45) is 1.63. The molecule has 0 saturated carbocycles. The Kier molecular flexibility index (Phi) is 6.28. The van der Waals surface area contributed by atoms with Crippen LogP contribution in [0.3, 0.4) is 0 Å². The molecule has 0 aliphatic rings. The van der Waals surface area contributed by atoms with Gasteiger partial charge in [-0.2, -0.15) is 0 Å². The molecule has 1 heterocycles. The van der Waals surface area contributed by atoms with E-state index in [-0.39, 0.29) is 11.9 Å². The summed E-state index contributed by atoms with van der Waals surface area (Å²) in [5.74, 6) is 0.714. The fraction of sp³-hybridized carbons (Fsp3) is 0.227. The number of amides is 1. The van der Waals surface area contributed by atoms with Gasteiger partial charge in [-0.1, -0.05) is 24.3 Å². The Labute approximate surface area is 159 Å². The number of aryl methyl sites for hydroxylation is 1. The number of anilines is 2. The Balaban J connectivity index is 1.52. The van der Waals surface area contributed by atoms with Crippen molar-refractivity contribution in [2.45, 2.75) is 33.1 Å². The molecule has 0 saturated heterocycles. The van der Waals surface area contributed by atoms with Gasteiger partial charge in [0, 0.05) is 11.4 Å². The normalized spacial score (nSPS) is 11.8. The lowest BCUT2D eigenvalue weighted by Gasteiger charge is -2.16. The van der Waals surface area contributed by atoms with Crippen molar-refractivity contribution in [1.29, 1.82) is 0 Å². The van der Waals surface area contributed by atoms with E-state index in [0.717, 1.165) is 28.3 Å². The molecular formula is C22H24N2O3. The first-order valence-electron chi connectivity index (χ1n) is 8.93. The molecule has 27 heavy (non-hydrogen) atoms. The Morgan fingerprint density at radius 3 is 2.63 bits per heavy atom. The first-order valence-corrected chi connectivity index (χ1v) is 8.93. The predicted octanol–water partition coefficient (Wildman–Crippen LogP) is 4.74. The average Bonchev–Trinajstić information content (AvgIpc) is 3.15. The smallest absolute Gasteiger partial charge is 0.246 e. The van der Waals surface area contributed by atoms with E-state index >= 15 is 0 Å². The van der Waals surface area contributed by atoms with Crippen molar-refractivity contribution < 1.29 is 13.9 Å². The van der Waals surface area contributed by atoms with E-state index in [1.807, 2.05) is 74.5 Å². The largest absolute Gasteiger partial charge is 0.467 e. The molecule has 5 nitrogen and oxygen atoms in total. The van der Waals surface area contributed by atoms with Gasteiger partial charge in [0.05, 0.1) is 12.9 Å². The van der Waals surface area contributed by atoms with E-state index in [1.165, 1.54) is 0 Å². The highest BCUT2D eigenvalue weighted by Crippen LogP contribution is 2.15. The summed E-state index contributed by atoms with van der Waals surface area (Å²) in [4.78, 5) is 12.4. The molecule has 1 atom stereocenters.